The molecule has 7 nitrogen and oxygen atoms in total. The van der Waals surface area contributed by atoms with Gasteiger partial charge in [-0.1, -0.05) is 6.92 Å². The van der Waals surface area contributed by atoms with E-state index in [0.717, 1.165) is 4.31 Å². The van der Waals surface area contributed by atoms with Crippen LogP contribution in [0.2, 0.25) is 0 Å². The molecule has 0 aliphatic carbocycles. The van der Waals surface area contributed by atoms with Crippen molar-refractivity contribution in [2.45, 2.75) is 23.8 Å². The van der Waals surface area contributed by atoms with Crippen LogP contribution in [0.4, 0.5) is 0 Å². The van der Waals surface area contributed by atoms with Crippen molar-refractivity contribution in [2.75, 3.05) is 23.8 Å². The SMILES string of the molecule is CCS(=O)(=O)C1CSCCN1S(=O)(=O)c1c[nH]c(CO)c1. The van der Waals surface area contributed by atoms with Crippen LogP contribution in [0.1, 0.15) is 12.6 Å². The van der Waals surface area contributed by atoms with E-state index in [2.05, 4.69) is 4.98 Å². The van der Waals surface area contributed by atoms with Crippen LogP contribution < -0.4 is 0 Å². The van der Waals surface area contributed by atoms with E-state index in [4.69, 9.17) is 5.11 Å². The van der Waals surface area contributed by atoms with Crippen LogP contribution in [-0.2, 0) is 26.5 Å². The number of aliphatic hydroxyl groups excluding tert-OH is 1. The van der Waals surface area contributed by atoms with E-state index in [1.165, 1.54) is 30.9 Å². The summed E-state index contributed by atoms with van der Waals surface area (Å²) >= 11 is 1.44. The summed E-state index contributed by atoms with van der Waals surface area (Å²) in [6.07, 6.45) is 1.28. The number of aromatic nitrogens is 1. The number of hydrogen-bond donors (Lipinski definition) is 2. The normalized spacial score (nSPS) is 21.5. The van der Waals surface area contributed by atoms with E-state index < -0.39 is 25.2 Å². The van der Waals surface area contributed by atoms with Gasteiger partial charge in [-0.25, -0.2) is 16.8 Å². The molecule has 21 heavy (non-hydrogen) atoms. The molecule has 1 aromatic rings. The first-order valence-corrected chi connectivity index (χ1v) is 10.7. The smallest absolute Gasteiger partial charge is 0.245 e. The second-order valence-electron chi connectivity index (χ2n) is 4.62. The summed E-state index contributed by atoms with van der Waals surface area (Å²) in [5.74, 6) is 0.707. The Morgan fingerprint density at radius 1 is 1.43 bits per heavy atom. The quantitative estimate of drug-likeness (QED) is 0.771. The number of aromatic amines is 1. The second-order valence-corrected chi connectivity index (χ2v) is 10.1. The first kappa shape index (κ1) is 16.8. The number of nitrogens with zero attached hydrogens (tertiary/aromatic N) is 1. The van der Waals surface area contributed by atoms with Gasteiger partial charge in [0.2, 0.25) is 10.0 Å². The predicted octanol–water partition coefficient (Wildman–Crippen LogP) is 0.00530. The van der Waals surface area contributed by atoms with Crippen LogP contribution in [0.5, 0.6) is 0 Å². The van der Waals surface area contributed by atoms with Crippen LogP contribution >= 0.6 is 11.8 Å². The molecule has 1 aliphatic rings. The van der Waals surface area contributed by atoms with Gasteiger partial charge in [0.25, 0.3) is 0 Å². The minimum absolute atomic E-state index is 0.0187. The number of thioether (sulfide) groups is 1. The number of sulfonamides is 1. The van der Waals surface area contributed by atoms with Crippen LogP contribution in [0.3, 0.4) is 0 Å². The van der Waals surface area contributed by atoms with Gasteiger partial charge >= 0.3 is 0 Å². The third-order valence-corrected chi connectivity index (χ3v) is 8.66. The Morgan fingerprint density at radius 3 is 2.71 bits per heavy atom. The van der Waals surface area contributed by atoms with Gasteiger partial charge in [-0.3, -0.25) is 0 Å². The molecule has 1 aliphatic heterocycles. The Hall–Kier alpha value is -0.550. The van der Waals surface area contributed by atoms with Crippen molar-refractivity contribution in [1.82, 2.24) is 9.29 Å². The van der Waals surface area contributed by atoms with Gasteiger partial charge in [0.1, 0.15) is 10.3 Å². The van der Waals surface area contributed by atoms with E-state index in [9.17, 15) is 16.8 Å². The van der Waals surface area contributed by atoms with Gasteiger partial charge in [-0.15, -0.1) is 0 Å². The van der Waals surface area contributed by atoms with Crippen molar-refractivity contribution >= 4 is 31.6 Å². The monoisotopic (exact) mass is 354 g/mol. The summed E-state index contributed by atoms with van der Waals surface area (Å²) in [5, 5.41) is 7.98. The van der Waals surface area contributed by atoms with Gasteiger partial charge in [0.05, 0.1) is 6.61 Å². The van der Waals surface area contributed by atoms with Gasteiger partial charge in [-0.2, -0.15) is 16.1 Å². The summed E-state index contributed by atoms with van der Waals surface area (Å²) in [4.78, 5) is 2.64. The summed E-state index contributed by atoms with van der Waals surface area (Å²) in [6.45, 7) is 1.37. The number of sulfone groups is 1. The molecule has 2 rings (SSSR count). The lowest BCUT2D eigenvalue weighted by atomic mass is 10.5. The molecule has 0 amide bonds. The average Bonchev–Trinajstić information content (AvgIpc) is 2.97. The van der Waals surface area contributed by atoms with Crippen molar-refractivity contribution in [3.8, 4) is 0 Å². The Morgan fingerprint density at radius 2 is 2.14 bits per heavy atom. The van der Waals surface area contributed by atoms with Gasteiger partial charge in [0, 0.05) is 35.7 Å². The zero-order valence-electron chi connectivity index (χ0n) is 11.5. The molecule has 0 saturated carbocycles. The van der Waals surface area contributed by atoms with Crippen molar-refractivity contribution in [3.63, 3.8) is 0 Å². The zero-order valence-corrected chi connectivity index (χ0v) is 14.0. The molecular weight excluding hydrogens is 336 g/mol. The lowest BCUT2D eigenvalue weighted by Crippen LogP contribution is -2.50. The van der Waals surface area contributed by atoms with Crippen LogP contribution in [-0.4, -0.2) is 60.4 Å². The minimum atomic E-state index is -3.90. The standard InChI is InChI=1S/C11H18N2O5S3/c1-2-20(15,16)11-8-19-4-3-13(11)21(17,18)10-5-9(7-14)12-6-10/h5-6,11-12,14H,2-4,7-8H2,1H3. The molecule has 1 fully saturated rings. The fraction of sp³-hybridized carbons (Fsp3) is 0.636. The molecule has 0 bridgehead atoms. The fourth-order valence-corrected chi connectivity index (χ4v) is 7.38. The number of rotatable bonds is 5. The van der Waals surface area contributed by atoms with Gasteiger partial charge in [-0.05, 0) is 6.07 Å². The number of H-pyrrole nitrogens is 1. The molecule has 2 N–H and O–H groups in total. The molecule has 1 aromatic heterocycles. The van der Waals surface area contributed by atoms with Crippen LogP contribution in [0.15, 0.2) is 17.2 Å². The molecule has 1 unspecified atom stereocenters. The lowest BCUT2D eigenvalue weighted by Gasteiger charge is -2.33. The van der Waals surface area contributed by atoms with E-state index in [0.29, 0.717) is 11.4 Å². The first-order valence-electron chi connectivity index (χ1n) is 6.42. The third-order valence-electron chi connectivity index (χ3n) is 3.35. The Balaban J connectivity index is 2.40. The van der Waals surface area contributed by atoms with Crippen molar-refractivity contribution < 1.29 is 21.9 Å². The van der Waals surface area contributed by atoms with Gasteiger partial charge in [0.15, 0.2) is 9.84 Å². The van der Waals surface area contributed by atoms with Crippen molar-refractivity contribution in [2.24, 2.45) is 0 Å². The maximum Gasteiger partial charge on any atom is 0.245 e. The third kappa shape index (κ3) is 3.29. The van der Waals surface area contributed by atoms with E-state index >= 15 is 0 Å². The summed E-state index contributed by atoms with van der Waals surface area (Å²) in [5.41, 5.74) is 0.370. The molecule has 10 heteroatoms. The number of nitrogens with one attached hydrogen (secondary N) is 1. The van der Waals surface area contributed by atoms with Crippen LogP contribution in [0.25, 0.3) is 0 Å². The molecule has 120 valence electrons. The van der Waals surface area contributed by atoms with E-state index in [1.807, 2.05) is 0 Å². The molecular formula is C11H18N2O5S3. The predicted molar refractivity (Wildman–Crippen MR) is 81.2 cm³/mol. The molecule has 1 atom stereocenters. The largest absolute Gasteiger partial charge is 0.390 e. The highest BCUT2D eigenvalue weighted by atomic mass is 32.2. The Kier molecular flexibility index (Phi) is 5.03. The highest BCUT2D eigenvalue weighted by Gasteiger charge is 2.40. The zero-order chi connectivity index (χ0) is 15.7. The first-order chi connectivity index (χ1) is 9.82. The van der Waals surface area contributed by atoms with Gasteiger partial charge < -0.3 is 10.1 Å². The maximum absolute atomic E-state index is 12.6. The minimum Gasteiger partial charge on any atom is -0.390 e. The average molecular weight is 354 g/mol. The molecule has 1 saturated heterocycles. The van der Waals surface area contributed by atoms with Crippen molar-refractivity contribution in [1.29, 1.82) is 0 Å². The van der Waals surface area contributed by atoms with Crippen LogP contribution in [0, 0.1) is 0 Å². The lowest BCUT2D eigenvalue weighted by molar-refractivity contribution is 0.277. The van der Waals surface area contributed by atoms with Crippen molar-refractivity contribution in [3.05, 3.63) is 18.0 Å². The van der Waals surface area contributed by atoms with E-state index in [-0.39, 0.29) is 29.6 Å². The molecule has 0 spiro atoms. The summed E-state index contributed by atoms with van der Waals surface area (Å²) in [6, 6.07) is 1.33. The molecule has 0 radical (unpaired) electrons. The Bertz CT molecular complexity index is 695. The number of hydrogen-bond acceptors (Lipinski definition) is 6. The van der Waals surface area contributed by atoms with E-state index in [1.54, 1.807) is 0 Å². The highest BCUT2D eigenvalue weighted by molar-refractivity contribution is 8.01. The summed E-state index contributed by atoms with van der Waals surface area (Å²) < 4.78 is 50.6. The topological polar surface area (TPSA) is 108 Å². The summed E-state index contributed by atoms with van der Waals surface area (Å²) in [7, 11) is -7.39. The fourth-order valence-electron chi connectivity index (χ4n) is 2.11. The highest BCUT2D eigenvalue weighted by Crippen LogP contribution is 2.28. The Labute approximate surface area is 128 Å². The second kappa shape index (κ2) is 6.29. The number of aliphatic hydroxyl groups is 1. The molecule has 2 heterocycles. The molecule has 0 aromatic carbocycles. The maximum atomic E-state index is 12.6.